The number of nitriles is 1. The number of nitrogens with two attached hydrogens (primary N) is 1. The van der Waals surface area contributed by atoms with Crippen molar-refractivity contribution >= 4 is 0 Å². The first-order valence-electron chi connectivity index (χ1n) is 6.88. The molecule has 1 aliphatic rings. The average molecular weight is 275 g/mol. The zero-order valence-corrected chi connectivity index (χ0v) is 12.0. The molecule has 0 saturated carbocycles. The molecule has 108 valence electrons. The number of benzene rings is 1. The van der Waals surface area contributed by atoms with E-state index in [2.05, 4.69) is 17.9 Å². The quantitative estimate of drug-likeness (QED) is 0.896. The molecule has 1 fully saturated rings. The summed E-state index contributed by atoms with van der Waals surface area (Å²) in [5, 5.41) is 9.22. The predicted molar refractivity (Wildman–Crippen MR) is 76.5 cm³/mol. The highest BCUT2D eigenvalue weighted by molar-refractivity contribution is 5.46. The van der Waals surface area contributed by atoms with Gasteiger partial charge in [-0.05, 0) is 24.2 Å². The van der Waals surface area contributed by atoms with E-state index in [-0.39, 0.29) is 12.1 Å². The fourth-order valence-corrected chi connectivity index (χ4v) is 2.76. The Morgan fingerprint density at radius 3 is 2.95 bits per heavy atom. The van der Waals surface area contributed by atoms with Gasteiger partial charge in [-0.3, -0.25) is 4.90 Å². The summed E-state index contributed by atoms with van der Waals surface area (Å²) in [7, 11) is 1.57. The van der Waals surface area contributed by atoms with E-state index in [1.165, 1.54) is 0 Å². The Morgan fingerprint density at radius 1 is 1.55 bits per heavy atom. The van der Waals surface area contributed by atoms with E-state index in [1.807, 2.05) is 18.2 Å². The molecule has 2 unspecified atom stereocenters. The van der Waals surface area contributed by atoms with E-state index in [1.54, 1.807) is 7.11 Å². The summed E-state index contributed by atoms with van der Waals surface area (Å²) in [4.78, 5) is 2.34. The average Bonchev–Trinajstić information content (AvgIpc) is 2.53. The highest BCUT2D eigenvalue weighted by atomic mass is 16.5. The van der Waals surface area contributed by atoms with E-state index in [4.69, 9.17) is 15.2 Å². The molecule has 0 aromatic heterocycles. The molecule has 5 nitrogen and oxygen atoms in total. The molecular formula is C15H21N3O2. The number of rotatable bonds is 4. The maximum absolute atomic E-state index is 9.22. The molecule has 1 aliphatic heterocycles. The number of likely N-dealkylation sites (N-methyl/N-ethyl adjacent to an activating group) is 1. The van der Waals surface area contributed by atoms with Crippen molar-refractivity contribution in [3.63, 3.8) is 0 Å². The molecule has 5 heteroatoms. The van der Waals surface area contributed by atoms with Crippen LogP contribution in [0.2, 0.25) is 0 Å². The van der Waals surface area contributed by atoms with E-state index in [9.17, 15) is 5.26 Å². The van der Waals surface area contributed by atoms with Gasteiger partial charge < -0.3 is 15.2 Å². The van der Waals surface area contributed by atoms with Gasteiger partial charge in [-0.2, -0.15) is 5.26 Å². The Balaban J connectivity index is 2.38. The molecule has 0 radical (unpaired) electrons. The number of nitrogens with zero attached hydrogens (tertiary/aromatic N) is 2. The number of hydrogen-bond donors (Lipinski definition) is 1. The van der Waals surface area contributed by atoms with Gasteiger partial charge in [0, 0.05) is 13.1 Å². The lowest BCUT2D eigenvalue weighted by molar-refractivity contribution is -0.0658. The van der Waals surface area contributed by atoms with Gasteiger partial charge in [0.25, 0.3) is 0 Å². The van der Waals surface area contributed by atoms with Crippen molar-refractivity contribution in [3.05, 3.63) is 29.3 Å². The van der Waals surface area contributed by atoms with Gasteiger partial charge in [0.15, 0.2) is 0 Å². The number of ether oxygens (including phenoxy) is 2. The molecule has 0 spiro atoms. The third kappa shape index (κ3) is 2.78. The van der Waals surface area contributed by atoms with Crippen LogP contribution in [-0.2, 0) is 4.74 Å². The Bertz CT molecular complexity index is 486. The minimum absolute atomic E-state index is 0.0383. The smallest absolute Gasteiger partial charge is 0.136 e. The van der Waals surface area contributed by atoms with Crippen LogP contribution in [0.5, 0.6) is 5.75 Å². The van der Waals surface area contributed by atoms with E-state index in [0.717, 1.165) is 18.7 Å². The summed E-state index contributed by atoms with van der Waals surface area (Å²) in [6.45, 7) is 5.10. The molecule has 1 aromatic carbocycles. The van der Waals surface area contributed by atoms with Crippen LogP contribution < -0.4 is 10.5 Å². The van der Waals surface area contributed by atoms with E-state index >= 15 is 0 Å². The van der Waals surface area contributed by atoms with Crippen molar-refractivity contribution in [1.29, 1.82) is 5.26 Å². The largest absolute Gasteiger partial charge is 0.495 e. The van der Waals surface area contributed by atoms with E-state index < -0.39 is 0 Å². The normalized spacial score (nSPS) is 23.3. The zero-order chi connectivity index (χ0) is 14.5. The maximum atomic E-state index is 9.22. The predicted octanol–water partition coefficient (Wildman–Crippen LogP) is 1.29. The van der Waals surface area contributed by atoms with Crippen LogP contribution in [0.3, 0.4) is 0 Å². The fourth-order valence-electron chi connectivity index (χ4n) is 2.76. The monoisotopic (exact) mass is 275 g/mol. The zero-order valence-electron chi connectivity index (χ0n) is 12.0. The molecule has 0 amide bonds. The van der Waals surface area contributed by atoms with Crippen molar-refractivity contribution < 1.29 is 9.47 Å². The first-order chi connectivity index (χ1) is 9.74. The Hall–Kier alpha value is -1.61. The molecule has 2 atom stereocenters. The van der Waals surface area contributed by atoms with Crippen LogP contribution in [0.4, 0.5) is 0 Å². The minimum atomic E-state index is -0.0383. The second-order valence-electron chi connectivity index (χ2n) is 4.79. The first-order valence-corrected chi connectivity index (χ1v) is 6.88. The van der Waals surface area contributed by atoms with Crippen LogP contribution in [-0.4, -0.2) is 44.4 Å². The minimum Gasteiger partial charge on any atom is -0.495 e. The van der Waals surface area contributed by atoms with Gasteiger partial charge in [-0.15, -0.1) is 0 Å². The van der Waals surface area contributed by atoms with Crippen molar-refractivity contribution in [2.75, 3.05) is 33.4 Å². The SMILES string of the molecule is CCN1CCOC(CN)C1c1ccc(OC)c(C#N)c1. The molecule has 20 heavy (non-hydrogen) atoms. The van der Waals surface area contributed by atoms with Crippen molar-refractivity contribution in [2.24, 2.45) is 5.73 Å². The fraction of sp³-hybridized carbons (Fsp3) is 0.533. The van der Waals surface area contributed by atoms with Gasteiger partial charge in [-0.25, -0.2) is 0 Å². The van der Waals surface area contributed by atoms with Gasteiger partial charge >= 0.3 is 0 Å². The second-order valence-corrected chi connectivity index (χ2v) is 4.79. The Kier molecular flexibility index (Phi) is 4.96. The lowest BCUT2D eigenvalue weighted by Gasteiger charge is -2.40. The van der Waals surface area contributed by atoms with Crippen LogP contribution in [0.1, 0.15) is 24.1 Å². The maximum Gasteiger partial charge on any atom is 0.136 e. The lowest BCUT2D eigenvalue weighted by Crippen LogP contribution is -2.48. The first kappa shape index (κ1) is 14.8. The van der Waals surface area contributed by atoms with Gasteiger partial charge in [0.1, 0.15) is 11.8 Å². The van der Waals surface area contributed by atoms with Crippen molar-refractivity contribution in [2.45, 2.75) is 19.1 Å². The highest BCUT2D eigenvalue weighted by Gasteiger charge is 2.32. The third-order valence-electron chi connectivity index (χ3n) is 3.78. The Morgan fingerprint density at radius 2 is 2.35 bits per heavy atom. The summed E-state index contributed by atoms with van der Waals surface area (Å²) in [6.07, 6.45) is -0.0383. The van der Waals surface area contributed by atoms with Crippen LogP contribution in [0.15, 0.2) is 18.2 Å². The highest BCUT2D eigenvalue weighted by Crippen LogP contribution is 2.31. The van der Waals surface area contributed by atoms with Gasteiger partial charge in [0.2, 0.25) is 0 Å². The number of methoxy groups -OCH3 is 1. The molecule has 1 saturated heterocycles. The number of morpholine rings is 1. The number of hydrogen-bond acceptors (Lipinski definition) is 5. The molecule has 0 bridgehead atoms. The topological polar surface area (TPSA) is 71.5 Å². The molecular weight excluding hydrogens is 254 g/mol. The van der Waals surface area contributed by atoms with Gasteiger partial charge in [0.05, 0.1) is 31.4 Å². The Labute approximate surface area is 119 Å². The van der Waals surface area contributed by atoms with E-state index in [0.29, 0.717) is 24.5 Å². The molecule has 1 aromatic rings. The van der Waals surface area contributed by atoms with Crippen LogP contribution in [0.25, 0.3) is 0 Å². The van der Waals surface area contributed by atoms with Crippen molar-refractivity contribution in [1.82, 2.24) is 4.90 Å². The molecule has 0 aliphatic carbocycles. The summed E-state index contributed by atoms with van der Waals surface area (Å²) in [5.41, 5.74) is 7.43. The third-order valence-corrected chi connectivity index (χ3v) is 3.78. The molecule has 1 heterocycles. The van der Waals surface area contributed by atoms with Crippen molar-refractivity contribution in [3.8, 4) is 11.8 Å². The molecule has 2 N–H and O–H groups in total. The van der Waals surface area contributed by atoms with Gasteiger partial charge in [-0.1, -0.05) is 13.0 Å². The summed E-state index contributed by atoms with van der Waals surface area (Å²) in [5.74, 6) is 0.598. The van der Waals surface area contributed by atoms with Crippen LogP contribution in [0, 0.1) is 11.3 Å². The summed E-state index contributed by atoms with van der Waals surface area (Å²) < 4.78 is 11.0. The summed E-state index contributed by atoms with van der Waals surface area (Å²) >= 11 is 0. The lowest BCUT2D eigenvalue weighted by atomic mass is 9.96. The van der Waals surface area contributed by atoms with Crippen LogP contribution >= 0.6 is 0 Å². The molecule has 2 rings (SSSR count). The second kappa shape index (κ2) is 6.71. The standard InChI is InChI=1S/C15H21N3O2/c1-3-18-6-7-20-14(10-17)15(18)11-4-5-13(19-2)12(8-11)9-16/h4-5,8,14-15H,3,6-7,10,17H2,1-2H3. The summed E-state index contributed by atoms with van der Waals surface area (Å²) in [6, 6.07) is 7.98.